The third-order valence-electron chi connectivity index (χ3n) is 1.45. The van der Waals surface area contributed by atoms with Crippen LogP contribution in [-0.4, -0.2) is 12.7 Å². The van der Waals surface area contributed by atoms with Crippen LogP contribution in [0.2, 0.25) is 0 Å². The number of halogens is 4. The van der Waals surface area contributed by atoms with Crippen LogP contribution in [0.4, 0.5) is 0 Å². The second-order valence-electron chi connectivity index (χ2n) is 2.88. The molecule has 0 aromatic rings. The molecule has 0 amide bonds. The lowest BCUT2D eigenvalue weighted by Gasteiger charge is -2.20. The molecule has 2 atom stereocenters. The fourth-order valence-corrected chi connectivity index (χ4v) is 15.2. The fraction of sp³-hybridized carbons (Fsp3) is 1.00. The lowest BCUT2D eigenvalue weighted by molar-refractivity contribution is 0.261. The summed E-state index contributed by atoms with van der Waals surface area (Å²) in [6.07, 6.45) is -0.120. The summed E-state index contributed by atoms with van der Waals surface area (Å²) in [7, 11) is -2.81. The molecule has 0 saturated carbocycles. The Bertz CT molecular complexity index is 444. The minimum Gasteiger partial charge on any atom is -0.304 e. The molecule has 1 saturated heterocycles. The summed E-state index contributed by atoms with van der Waals surface area (Å²) in [5.74, 6) is -5.83. The Morgan fingerprint density at radius 2 is 1.67 bits per heavy atom. The zero-order valence-electron chi connectivity index (χ0n) is 7.30. The van der Waals surface area contributed by atoms with Crippen LogP contribution in [0.15, 0.2) is 13.5 Å². The van der Waals surface area contributed by atoms with Crippen molar-refractivity contribution in [1.82, 2.24) is 0 Å². The molecule has 1 fully saturated rings. The number of nitrogens with zero attached hydrogens (tertiary/aromatic N) is 3. The Morgan fingerprint density at radius 3 is 2.13 bits per heavy atom. The standard InChI is InChI=1S/C3H6Cl4N3O2P3/c1-3-2-11-15(12-3)9-13(4,5)8-14(6,7)10-15/h3H,2H2,1H3. The van der Waals surface area contributed by atoms with Crippen molar-refractivity contribution in [3.8, 4) is 0 Å². The van der Waals surface area contributed by atoms with E-state index in [1.165, 1.54) is 0 Å². The Hall–Kier alpha value is 1.77. The maximum Gasteiger partial charge on any atom is 0.345 e. The van der Waals surface area contributed by atoms with Crippen molar-refractivity contribution in [1.29, 1.82) is 0 Å². The summed E-state index contributed by atoms with van der Waals surface area (Å²) in [5, 5.41) is 0. The van der Waals surface area contributed by atoms with Gasteiger partial charge < -0.3 is 9.05 Å². The van der Waals surface area contributed by atoms with Crippen molar-refractivity contribution in [3.05, 3.63) is 0 Å². The maximum absolute atomic E-state index is 5.88. The monoisotopic (exact) mass is 349 g/mol. The fourth-order valence-electron chi connectivity index (χ4n) is 1.05. The summed E-state index contributed by atoms with van der Waals surface area (Å²) in [5.41, 5.74) is 0. The molecule has 1 spiro atoms. The highest BCUT2D eigenvalue weighted by molar-refractivity contribution is 8.20. The summed E-state index contributed by atoms with van der Waals surface area (Å²) in [6, 6.07) is 0. The molecule has 0 N–H and O–H groups in total. The van der Waals surface area contributed by atoms with Crippen LogP contribution in [0.5, 0.6) is 0 Å². The van der Waals surface area contributed by atoms with Crippen LogP contribution in [0.3, 0.4) is 0 Å². The molecule has 0 aliphatic carbocycles. The van der Waals surface area contributed by atoms with Crippen molar-refractivity contribution in [3.63, 3.8) is 0 Å². The Morgan fingerprint density at radius 1 is 1.07 bits per heavy atom. The predicted octanol–water partition coefficient (Wildman–Crippen LogP) is 6.23. The second-order valence-corrected chi connectivity index (χ2v) is 15.0. The summed E-state index contributed by atoms with van der Waals surface area (Å²) >= 11 is 23.5. The molecule has 0 bridgehead atoms. The maximum atomic E-state index is 5.88. The first-order valence-electron chi connectivity index (χ1n) is 3.75. The van der Waals surface area contributed by atoms with Gasteiger partial charge >= 0.3 is 7.66 Å². The van der Waals surface area contributed by atoms with Crippen LogP contribution in [0.25, 0.3) is 0 Å². The molecule has 15 heavy (non-hydrogen) atoms. The van der Waals surface area contributed by atoms with Crippen LogP contribution in [0.1, 0.15) is 6.92 Å². The van der Waals surface area contributed by atoms with E-state index in [-0.39, 0.29) is 6.10 Å². The molecule has 5 nitrogen and oxygen atoms in total. The minimum absolute atomic E-state index is 0.120. The summed E-state index contributed by atoms with van der Waals surface area (Å²) in [6.45, 7) is 2.21. The largest absolute Gasteiger partial charge is 0.345 e. The average Bonchev–Trinajstić information content (AvgIpc) is 2.23. The van der Waals surface area contributed by atoms with E-state index in [0.29, 0.717) is 6.61 Å². The van der Waals surface area contributed by atoms with Crippen molar-refractivity contribution < 1.29 is 9.05 Å². The van der Waals surface area contributed by atoms with Crippen molar-refractivity contribution in [2.75, 3.05) is 6.61 Å². The number of rotatable bonds is 0. The third kappa shape index (κ3) is 3.16. The van der Waals surface area contributed by atoms with Crippen molar-refractivity contribution >= 4 is 64.4 Å². The first-order chi connectivity index (χ1) is 6.72. The van der Waals surface area contributed by atoms with Gasteiger partial charge in [0.15, 0.2) is 0 Å². The second kappa shape index (κ2) is 4.16. The third-order valence-corrected chi connectivity index (χ3v) is 12.7. The van der Waals surface area contributed by atoms with Gasteiger partial charge in [0, 0.05) is 0 Å². The Balaban J connectivity index is 2.58. The lowest BCUT2D eigenvalue weighted by Crippen LogP contribution is -1.99. The molecule has 2 heterocycles. The van der Waals surface area contributed by atoms with Gasteiger partial charge in [0.1, 0.15) is 0 Å². The lowest BCUT2D eigenvalue weighted by atomic mass is 10.5. The Labute approximate surface area is 106 Å². The normalized spacial score (nSPS) is 41.8. The van der Waals surface area contributed by atoms with Crippen molar-refractivity contribution in [2.45, 2.75) is 13.0 Å². The first kappa shape index (κ1) is 13.2. The first-order valence-corrected chi connectivity index (χ1v) is 12.3. The van der Waals surface area contributed by atoms with Gasteiger partial charge in [-0.2, -0.15) is 13.5 Å². The molecule has 2 rings (SSSR count). The van der Waals surface area contributed by atoms with Gasteiger partial charge in [-0.05, 0) is 51.9 Å². The molecule has 12 heteroatoms. The zero-order valence-corrected chi connectivity index (χ0v) is 13.0. The summed E-state index contributed by atoms with van der Waals surface area (Å²) in [4.78, 5) is 0. The van der Waals surface area contributed by atoms with E-state index in [9.17, 15) is 0 Å². The highest BCUT2D eigenvalue weighted by Gasteiger charge is 2.40. The molecular formula is C3H6Cl4N3O2P3. The van der Waals surface area contributed by atoms with E-state index in [0.717, 1.165) is 0 Å². The molecule has 2 unspecified atom stereocenters. The zero-order chi connectivity index (χ0) is 11.3. The summed E-state index contributed by atoms with van der Waals surface area (Å²) < 4.78 is 22.7. The van der Waals surface area contributed by atoms with Crippen LogP contribution in [-0.2, 0) is 9.05 Å². The molecule has 0 radical (unpaired) electrons. The molecular weight excluding hydrogens is 345 g/mol. The van der Waals surface area contributed by atoms with Crippen LogP contribution < -0.4 is 0 Å². The molecule has 0 aromatic carbocycles. The van der Waals surface area contributed by atoms with Gasteiger partial charge in [-0.15, -0.1) is 0 Å². The van der Waals surface area contributed by atoms with Gasteiger partial charge in [0.05, 0.1) is 12.7 Å². The SMILES string of the molecule is CC1COP2(=NP(Cl)(Cl)=NP(Cl)(Cl)=N2)O1. The molecule has 0 aromatic heterocycles. The Kier molecular flexibility index (Phi) is 3.66. The van der Waals surface area contributed by atoms with E-state index in [2.05, 4.69) is 13.5 Å². The van der Waals surface area contributed by atoms with E-state index in [1.54, 1.807) is 0 Å². The molecule has 2 aliphatic rings. The van der Waals surface area contributed by atoms with E-state index < -0.39 is 19.5 Å². The van der Waals surface area contributed by atoms with Crippen molar-refractivity contribution in [2.24, 2.45) is 13.5 Å². The van der Waals surface area contributed by atoms with Crippen LogP contribution >= 0.6 is 64.4 Å². The van der Waals surface area contributed by atoms with Gasteiger partial charge in [0.2, 0.25) is 0 Å². The van der Waals surface area contributed by atoms with E-state index in [4.69, 9.17) is 54.0 Å². The van der Waals surface area contributed by atoms with E-state index >= 15 is 0 Å². The van der Waals surface area contributed by atoms with Gasteiger partial charge in [0.25, 0.3) is 11.8 Å². The average molecular weight is 351 g/mol. The van der Waals surface area contributed by atoms with Crippen LogP contribution in [0, 0.1) is 0 Å². The quantitative estimate of drug-likeness (QED) is 0.486. The number of hydrogen-bond acceptors (Lipinski definition) is 5. The smallest absolute Gasteiger partial charge is 0.304 e. The highest BCUT2D eigenvalue weighted by atomic mass is 35.9. The highest BCUT2D eigenvalue weighted by Crippen LogP contribution is 2.86. The van der Waals surface area contributed by atoms with Gasteiger partial charge in [-0.3, -0.25) is 0 Å². The topological polar surface area (TPSA) is 55.5 Å². The predicted molar refractivity (Wildman–Crippen MR) is 68.0 cm³/mol. The number of hydrogen-bond donors (Lipinski definition) is 0. The van der Waals surface area contributed by atoms with E-state index in [1.807, 2.05) is 6.92 Å². The van der Waals surface area contributed by atoms with Gasteiger partial charge in [-0.1, -0.05) is 0 Å². The van der Waals surface area contributed by atoms with Gasteiger partial charge in [-0.25, -0.2) is 0 Å². The molecule has 88 valence electrons. The molecule has 2 aliphatic heterocycles. The minimum atomic E-state index is -2.91.